The Labute approximate surface area is 140 Å². The maximum atomic E-state index is 12.5. The largest absolute Gasteiger partial charge is 0.373 e. The van der Waals surface area contributed by atoms with E-state index in [1.165, 1.54) is 12.8 Å². The summed E-state index contributed by atoms with van der Waals surface area (Å²) >= 11 is 0. The zero-order valence-corrected chi connectivity index (χ0v) is 14.7. The van der Waals surface area contributed by atoms with Crippen molar-refractivity contribution < 1.29 is 14.3 Å². The minimum Gasteiger partial charge on any atom is -0.373 e. The molecule has 0 aromatic carbocycles. The van der Waals surface area contributed by atoms with Gasteiger partial charge in [-0.25, -0.2) is 0 Å². The van der Waals surface area contributed by atoms with Crippen LogP contribution in [0.1, 0.15) is 52.4 Å². The summed E-state index contributed by atoms with van der Waals surface area (Å²) in [6.45, 7) is 8.37. The maximum Gasteiger partial charge on any atom is 0.248 e. The first-order valence-electron chi connectivity index (χ1n) is 9.40. The van der Waals surface area contributed by atoms with Crippen LogP contribution in [0.15, 0.2) is 0 Å². The third-order valence-electron chi connectivity index (χ3n) is 5.41. The standard InChI is InChI=1S/C18H32N2O3/c1-14-10-19(11-15(2)23-14)12-16-6-5-9-20(16)18(21)13-22-17-7-3-4-8-17/h14-17H,3-13H2,1-2H3/t14-,15-,16-/m1/s1. The third kappa shape index (κ3) is 4.68. The lowest BCUT2D eigenvalue weighted by atomic mass is 10.1. The minimum atomic E-state index is 0.189. The summed E-state index contributed by atoms with van der Waals surface area (Å²) in [4.78, 5) is 17.1. The fourth-order valence-electron chi connectivity index (χ4n) is 4.41. The molecule has 2 saturated heterocycles. The Hall–Kier alpha value is -0.650. The fraction of sp³-hybridized carbons (Fsp3) is 0.944. The Morgan fingerprint density at radius 2 is 1.78 bits per heavy atom. The van der Waals surface area contributed by atoms with Crippen molar-refractivity contribution in [2.45, 2.75) is 76.7 Å². The van der Waals surface area contributed by atoms with E-state index in [9.17, 15) is 4.79 Å². The fourth-order valence-corrected chi connectivity index (χ4v) is 4.41. The molecule has 3 atom stereocenters. The predicted molar refractivity (Wildman–Crippen MR) is 89.4 cm³/mol. The SMILES string of the molecule is C[C@@H]1CN(C[C@H]2CCCN2C(=O)COC2CCCC2)C[C@@H](C)O1. The van der Waals surface area contributed by atoms with Crippen LogP contribution in [0, 0.1) is 0 Å². The number of rotatable bonds is 5. The van der Waals surface area contributed by atoms with E-state index in [2.05, 4.69) is 23.6 Å². The third-order valence-corrected chi connectivity index (χ3v) is 5.41. The van der Waals surface area contributed by atoms with Crippen LogP contribution in [0.25, 0.3) is 0 Å². The van der Waals surface area contributed by atoms with E-state index >= 15 is 0 Å². The number of carbonyl (C=O) groups is 1. The number of likely N-dealkylation sites (tertiary alicyclic amines) is 1. The monoisotopic (exact) mass is 324 g/mol. The highest BCUT2D eigenvalue weighted by atomic mass is 16.5. The summed E-state index contributed by atoms with van der Waals surface area (Å²) in [5.41, 5.74) is 0. The number of hydrogen-bond donors (Lipinski definition) is 0. The molecule has 1 saturated carbocycles. The molecule has 5 nitrogen and oxygen atoms in total. The van der Waals surface area contributed by atoms with Gasteiger partial charge in [-0.2, -0.15) is 0 Å². The molecule has 0 N–H and O–H groups in total. The van der Waals surface area contributed by atoms with Gasteiger partial charge in [0.2, 0.25) is 5.91 Å². The number of amides is 1. The molecule has 0 spiro atoms. The first-order chi connectivity index (χ1) is 11.1. The first kappa shape index (κ1) is 17.2. The van der Waals surface area contributed by atoms with Crippen LogP contribution in [0.4, 0.5) is 0 Å². The Morgan fingerprint density at radius 3 is 2.48 bits per heavy atom. The molecule has 23 heavy (non-hydrogen) atoms. The zero-order chi connectivity index (χ0) is 16.2. The molecule has 0 bridgehead atoms. The van der Waals surface area contributed by atoms with Gasteiger partial charge in [-0.3, -0.25) is 9.69 Å². The van der Waals surface area contributed by atoms with E-state index in [4.69, 9.17) is 9.47 Å². The highest BCUT2D eigenvalue weighted by Crippen LogP contribution is 2.23. The van der Waals surface area contributed by atoms with Crippen molar-refractivity contribution in [3.63, 3.8) is 0 Å². The number of carbonyl (C=O) groups excluding carboxylic acids is 1. The van der Waals surface area contributed by atoms with E-state index < -0.39 is 0 Å². The lowest BCUT2D eigenvalue weighted by molar-refractivity contribution is -0.139. The van der Waals surface area contributed by atoms with Crippen LogP contribution in [-0.4, -0.2) is 72.8 Å². The summed E-state index contributed by atoms with van der Waals surface area (Å²) in [5.74, 6) is 0.189. The van der Waals surface area contributed by atoms with Crippen molar-refractivity contribution in [3.8, 4) is 0 Å². The highest BCUT2D eigenvalue weighted by molar-refractivity contribution is 5.78. The molecule has 0 aromatic heterocycles. The van der Waals surface area contributed by atoms with Crippen molar-refractivity contribution in [1.29, 1.82) is 0 Å². The van der Waals surface area contributed by atoms with Gasteiger partial charge in [-0.15, -0.1) is 0 Å². The van der Waals surface area contributed by atoms with Crippen LogP contribution in [-0.2, 0) is 14.3 Å². The van der Waals surface area contributed by atoms with Crippen LogP contribution in [0.2, 0.25) is 0 Å². The smallest absolute Gasteiger partial charge is 0.248 e. The molecular formula is C18H32N2O3. The molecule has 0 radical (unpaired) electrons. The molecule has 1 aliphatic carbocycles. The molecule has 0 unspecified atom stereocenters. The average Bonchev–Trinajstić information content (AvgIpc) is 3.15. The normalized spacial score (nSPS) is 33.5. The summed E-state index contributed by atoms with van der Waals surface area (Å²) in [7, 11) is 0. The Kier molecular flexibility index (Phi) is 5.94. The van der Waals surface area contributed by atoms with Gasteiger partial charge in [0, 0.05) is 32.2 Å². The molecule has 3 aliphatic rings. The van der Waals surface area contributed by atoms with Crippen LogP contribution in [0.3, 0.4) is 0 Å². The van der Waals surface area contributed by atoms with Crippen molar-refractivity contribution in [2.75, 3.05) is 32.8 Å². The highest BCUT2D eigenvalue weighted by Gasteiger charge is 2.32. The van der Waals surface area contributed by atoms with Gasteiger partial charge in [0.1, 0.15) is 6.61 Å². The summed E-state index contributed by atoms with van der Waals surface area (Å²) < 4.78 is 11.6. The van der Waals surface area contributed by atoms with E-state index in [0.29, 0.717) is 12.1 Å². The van der Waals surface area contributed by atoms with E-state index in [0.717, 1.165) is 51.9 Å². The number of ether oxygens (including phenoxy) is 2. The first-order valence-corrected chi connectivity index (χ1v) is 9.40. The summed E-state index contributed by atoms with van der Waals surface area (Å²) in [5, 5.41) is 0. The van der Waals surface area contributed by atoms with E-state index in [-0.39, 0.29) is 24.7 Å². The van der Waals surface area contributed by atoms with Gasteiger partial charge >= 0.3 is 0 Å². The molecule has 0 aromatic rings. The van der Waals surface area contributed by atoms with Gasteiger partial charge in [0.05, 0.1) is 18.3 Å². The second-order valence-corrected chi connectivity index (χ2v) is 7.58. The van der Waals surface area contributed by atoms with Gasteiger partial charge in [-0.1, -0.05) is 12.8 Å². The summed E-state index contributed by atoms with van der Waals surface area (Å²) in [6, 6.07) is 0.354. The summed E-state index contributed by atoms with van der Waals surface area (Å²) in [6.07, 6.45) is 7.88. The molecule has 1 amide bonds. The zero-order valence-electron chi connectivity index (χ0n) is 14.7. The van der Waals surface area contributed by atoms with Crippen molar-refractivity contribution in [1.82, 2.24) is 9.80 Å². The van der Waals surface area contributed by atoms with Crippen molar-refractivity contribution in [3.05, 3.63) is 0 Å². The van der Waals surface area contributed by atoms with Crippen LogP contribution < -0.4 is 0 Å². The maximum absolute atomic E-state index is 12.5. The van der Waals surface area contributed by atoms with E-state index in [1.807, 2.05) is 0 Å². The second kappa shape index (κ2) is 7.95. The Balaban J connectivity index is 1.47. The lowest BCUT2D eigenvalue weighted by Gasteiger charge is -2.38. The Bertz CT molecular complexity index is 388. The van der Waals surface area contributed by atoms with Crippen LogP contribution in [0.5, 0.6) is 0 Å². The average molecular weight is 324 g/mol. The van der Waals surface area contributed by atoms with Crippen molar-refractivity contribution >= 4 is 5.91 Å². The Morgan fingerprint density at radius 1 is 1.09 bits per heavy atom. The van der Waals surface area contributed by atoms with E-state index in [1.54, 1.807) is 0 Å². The van der Waals surface area contributed by atoms with Gasteiger partial charge in [0.15, 0.2) is 0 Å². The molecule has 5 heteroatoms. The second-order valence-electron chi connectivity index (χ2n) is 7.58. The van der Waals surface area contributed by atoms with Crippen LogP contribution >= 0.6 is 0 Å². The van der Waals surface area contributed by atoms with Gasteiger partial charge in [0.25, 0.3) is 0 Å². The minimum absolute atomic E-state index is 0.189. The molecule has 2 aliphatic heterocycles. The number of morpholine rings is 1. The topological polar surface area (TPSA) is 42.0 Å². The molecule has 3 fully saturated rings. The molecule has 2 heterocycles. The van der Waals surface area contributed by atoms with Gasteiger partial charge < -0.3 is 14.4 Å². The predicted octanol–water partition coefficient (Wildman–Crippen LogP) is 2.05. The lowest BCUT2D eigenvalue weighted by Crippen LogP contribution is -2.51. The number of hydrogen-bond acceptors (Lipinski definition) is 4. The molecular weight excluding hydrogens is 292 g/mol. The molecule has 132 valence electrons. The quantitative estimate of drug-likeness (QED) is 0.776. The van der Waals surface area contributed by atoms with Crippen molar-refractivity contribution in [2.24, 2.45) is 0 Å². The van der Waals surface area contributed by atoms with Gasteiger partial charge in [-0.05, 0) is 39.5 Å². The number of nitrogens with zero attached hydrogens (tertiary/aromatic N) is 2. The molecule has 3 rings (SSSR count).